The molecule has 18 heavy (non-hydrogen) atoms. The number of piperidine rings is 1. The second-order valence-electron chi connectivity index (χ2n) is 4.36. The molecule has 1 saturated heterocycles. The van der Waals surface area contributed by atoms with Gasteiger partial charge < -0.3 is 9.88 Å². The Bertz CT molecular complexity index is 401. The number of aliphatic imine (C=N–C) groups is 1. The van der Waals surface area contributed by atoms with Crippen LogP contribution in [0.1, 0.15) is 19.3 Å². The first kappa shape index (κ1) is 13.0. The van der Waals surface area contributed by atoms with E-state index in [9.17, 15) is 0 Å². The van der Waals surface area contributed by atoms with Crippen LogP contribution in [0.2, 0.25) is 0 Å². The molecule has 0 bridgehead atoms. The fourth-order valence-electron chi connectivity index (χ4n) is 2.12. The molecule has 0 spiro atoms. The zero-order valence-corrected chi connectivity index (χ0v) is 11.1. The van der Waals surface area contributed by atoms with Crippen LogP contribution in [0, 0.1) is 17.4 Å². The average molecular weight is 263 g/mol. The molecule has 1 aliphatic rings. The minimum absolute atomic E-state index is 0.791. The maximum atomic E-state index is 8.37. The highest BCUT2D eigenvalue weighted by Crippen LogP contribution is 2.23. The smallest absolute Gasteiger partial charge is 0.207 e. The van der Waals surface area contributed by atoms with Gasteiger partial charge in [-0.1, -0.05) is 11.8 Å². The lowest BCUT2D eigenvalue weighted by atomic mass is 9.95. The summed E-state index contributed by atoms with van der Waals surface area (Å²) in [7, 11) is 0. The van der Waals surface area contributed by atoms with Gasteiger partial charge in [0.1, 0.15) is 6.34 Å². The second-order valence-corrected chi connectivity index (χ2v) is 5.44. The van der Waals surface area contributed by atoms with E-state index in [-0.39, 0.29) is 0 Å². The molecule has 0 aliphatic carbocycles. The van der Waals surface area contributed by atoms with Gasteiger partial charge in [0.15, 0.2) is 5.16 Å². The van der Waals surface area contributed by atoms with Gasteiger partial charge in [-0.15, -0.1) is 0 Å². The number of nitriles is 1. The summed E-state index contributed by atoms with van der Waals surface area (Å²) in [6.07, 6.45) is 10.7. The van der Waals surface area contributed by atoms with Gasteiger partial charge in [0.05, 0.1) is 0 Å². The van der Waals surface area contributed by atoms with E-state index in [1.807, 2.05) is 6.20 Å². The predicted octanol–water partition coefficient (Wildman–Crippen LogP) is 2.11. The number of hydrogen-bond acceptors (Lipinski definition) is 4. The van der Waals surface area contributed by atoms with E-state index in [0.29, 0.717) is 0 Å². The lowest BCUT2D eigenvalue weighted by Gasteiger charge is -2.30. The molecule has 0 saturated carbocycles. The number of aromatic amines is 1. The molecule has 0 aromatic carbocycles. The molecule has 5 nitrogen and oxygen atoms in total. The van der Waals surface area contributed by atoms with Crippen LogP contribution < -0.4 is 0 Å². The van der Waals surface area contributed by atoms with Crippen LogP contribution >= 0.6 is 11.8 Å². The molecule has 1 aromatic rings. The summed E-state index contributed by atoms with van der Waals surface area (Å²) in [6.45, 7) is 2.03. The van der Waals surface area contributed by atoms with E-state index in [1.54, 1.807) is 30.5 Å². The summed E-state index contributed by atoms with van der Waals surface area (Å²) in [5, 5.41) is 9.38. The third-order valence-electron chi connectivity index (χ3n) is 3.17. The van der Waals surface area contributed by atoms with Gasteiger partial charge in [-0.2, -0.15) is 10.3 Å². The van der Waals surface area contributed by atoms with Crippen molar-refractivity contribution in [3.05, 3.63) is 12.4 Å². The fourth-order valence-corrected chi connectivity index (χ4v) is 3.05. The topological polar surface area (TPSA) is 68.1 Å². The number of nitrogens with zero attached hydrogens (tertiary/aromatic N) is 4. The number of imidazole rings is 1. The number of H-pyrrole nitrogens is 1. The van der Waals surface area contributed by atoms with E-state index in [1.165, 1.54) is 19.3 Å². The van der Waals surface area contributed by atoms with Gasteiger partial charge in [-0.25, -0.2) is 4.98 Å². The number of thioether (sulfide) groups is 1. The highest BCUT2D eigenvalue weighted by molar-refractivity contribution is 7.99. The molecule has 2 rings (SSSR count). The van der Waals surface area contributed by atoms with Crippen LogP contribution in [0.25, 0.3) is 0 Å². The third-order valence-corrected chi connectivity index (χ3v) is 4.10. The molecule has 0 unspecified atom stereocenters. The fraction of sp³-hybridized carbons (Fsp3) is 0.583. The average Bonchev–Trinajstić information content (AvgIpc) is 2.91. The van der Waals surface area contributed by atoms with Crippen LogP contribution in [0.3, 0.4) is 0 Å². The molecular weight excluding hydrogens is 246 g/mol. The number of nitrogens with one attached hydrogen (secondary N) is 1. The van der Waals surface area contributed by atoms with Gasteiger partial charge in [0.2, 0.25) is 6.19 Å². The minimum atomic E-state index is 0.791. The number of aromatic nitrogens is 2. The summed E-state index contributed by atoms with van der Waals surface area (Å²) in [4.78, 5) is 13.0. The second kappa shape index (κ2) is 7.07. The zero-order valence-electron chi connectivity index (χ0n) is 10.2. The molecule has 6 heteroatoms. The maximum Gasteiger partial charge on any atom is 0.207 e. The van der Waals surface area contributed by atoms with Gasteiger partial charge in [-0.05, 0) is 25.2 Å². The summed E-state index contributed by atoms with van der Waals surface area (Å²) >= 11 is 1.79. The van der Waals surface area contributed by atoms with E-state index in [4.69, 9.17) is 5.26 Å². The summed E-state index contributed by atoms with van der Waals surface area (Å²) < 4.78 is 0. The molecule has 1 aliphatic heterocycles. The van der Waals surface area contributed by atoms with E-state index >= 15 is 0 Å². The molecule has 1 N–H and O–H groups in total. The monoisotopic (exact) mass is 263 g/mol. The van der Waals surface area contributed by atoms with Crippen LogP contribution in [-0.2, 0) is 0 Å². The first-order valence-corrected chi connectivity index (χ1v) is 7.15. The Morgan fingerprint density at radius 3 is 3.11 bits per heavy atom. The van der Waals surface area contributed by atoms with Crippen molar-refractivity contribution in [2.75, 3.05) is 18.8 Å². The largest absolute Gasteiger partial charge is 0.362 e. The quantitative estimate of drug-likeness (QED) is 0.382. The Labute approximate surface area is 111 Å². The first-order valence-electron chi connectivity index (χ1n) is 6.17. The van der Waals surface area contributed by atoms with Gasteiger partial charge in [0.25, 0.3) is 0 Å². The molecule has 96 valence electrons. The highest BCUT2D eigenvalue weighted by atomic mass is 32.2. The highest BCUT2D eigenvalue weighted by Gasteiger charge is 2.17. The van der Waals surface area contributed by atoms with Crippen molar-refractivity contribution >= 4 is 18.1 Å². The van der Waals surface area contributed by atoms with Crippen molar-refractivity contribution in [2.45, 2.75) is 24.4 Å². The molecule has 0 amide bonds. The molecule has 1 aromatic heterocycles. The first-order chi connectivity index (χ1) is 8.88. The van der Waals surface area contributed by atoms with E-state index in [0.717, 1.165) is 29.9 Å². The Balaban J connectivity index is 1.62. The van der Waals surface area contributed by atoms with Crippen molar-refractivity contribution in [1.82, 2.24) is 14.9 Å². The van der Waals surface area contributed by atoms with Crippen molar-refractivity contribution in [2.24, 2.45) is 10.9 Å². The van der Waals surface area contributed by atoms with E-state index < -0.39 is 0 Å². The molecule has 2 heterocycles. The Morgan fingerprint density at radius 2 is 2.44 bits per heavy atom. The lowest BCUT2D eigenvalue weighted by molar-refractivity contribution is 0.268. The standard InChI is InChI=1S/C12H17N5S/c13-9-14-10-17-6-1-11(2-7-17)3-8-18-12-15-4-5-16-12/h4-5,10-11H,1-3,6-8H2,(H,15,16). The van der Waals surface area contributed by atoms with Gasteiger partial charge in [-0.3, -0.25) is 0 Å². The normalized spacial score (nSPS) is 17.2. The number of likely N-dealkylation sites (tertiary alicyclic amines) is 1. The molecule has 0 radical (unpaired) electrons. The van der Waals surface area contributed by atoms with Crippen molar-refractivity contribution in [3.63, 3.8) is 0 Å². The number of rotatable bonds is 5. The Hall–Kier alpha value is -1.48. The summed E-state index contributed by atoms with van der Waals surface area (Å²) in [5.41, 5.74) is 0. The molecule has 0 atom stereocenters. The minimum Gasteiger partial charge on any atom is -0.362 e. The van der Waals surface area contributed by atoms with Crippen LogP contribution in [-0.4, -0.2) is 40.0 Å². The van der Waals surface area contributed by atoms with E-state index in [2.05, 4.69) is 19.9 Å². The molecule has 1 fully saturated rings. The van der Waals surface area contributed by atoms with Gasteiger partial charge in [0, 0.05) is 31.2 Å². The predicted molar refractivity (Wildman–Crippen MR) is 72.3 cm³/mol. The van der Waals surface area contributed by atoms with Gasteiger partial charge >= 0.3 is 0 Å². The molecular formula is C12H17N5S. The van der Waals surface area contributed by atoms with Crippen LogP contribution in [0.4, 0.5) is 0 Å². The number of hydrogen-bond donors (Lipinski definition) is 1. The summed E-state index contributed by atoms with van der Waals surface area (Å²) in [5.74, 6) is 1.91. The lowest BCUT2D eigenvalue weighted by Crippen LogP contribution is -2.32. The van der Waals surface area contributed by atoms with Crippen molar-refractivity contribution in [3.8, 4) is 6.19 Å². The third kappa shape index (κ3) is 4.08. The van der Waals surface area contributed by atoms with Crippen molar-refractivity contribution < 1.29 is 0 Å². The Morgan fingerprint density at radius 1 is 1.61 bits per heavy atom. The summed E-state index contributed by atoms with van der Waals surface area (Å²) in [6, 6.07) is 0. The Kier molecular flexibility index (Phi) is 5.09. The maximum absolute atomic E-state index is 8.37. The van der Waals surface area contributed by atoms with Crippen LogP contribution in [0.5, 0.6) is 0 Å². The van der Waals surface area contributed by atoms with Crippen LogP contribution in [0.15, 0.2) is 22.5 Å². The zero-order chi connectivity index (χ0) is 12.6. The van der Waals surface area contributed by atoms with Crippen molar-refractivity contribution in [1.29, 1.82) is 5.26 Å². The SMILES string of the molecule is N#CN=CN1CCC(CCSc2ncc[nH]2)CC1.